The number of nitrogens with one attached hydrogen (secondary N) is 1. The molecule has 1 saturated carbocycles. The van der Waals surface area contributed by atoms with Crippen LogP contribution in [0.4, 0.5) is 0 Å². The average molecular weight is 227 g/mol. The minimum Gasteiger partial charge on any atom is -0.409 e. The first-order valence-electron chi connectivity index (χ1n) is 6.39. The van der Waals surface area contributed by atoms with Crippen molar-refractivity contribution in [3.05, 3.63) is 0 Å². The maximum Gasteiger partial charge on any atom is 0.139 e. The first-order chi connectivity index (χ1) is 7.72. The van der Waals surface area contributed by atoms with Gasteiger partial charge in [0.1, 0.15) is 5.84 Å². The van der Waals surface area contributed by atoms with Gasteiger partial charge in [0.2, 0.25) is 0 Å². The van der Waals surface area contributed by atoms with Gasteiger partial charge in [-0.1, -0.05) is 24.9 Å². The third-order valence-corrected chi connectivity index (χ3v) is 3.39. The number of nitrogens with two attached hydrogens (primary N) is 1. The van der Waals surface area contributed by atoms with Gasteiger partial charge in [0.05, 0.1) is 0 Å². The third kappa shape index (κ3) is 5.35. The lowest BCUT2D eigenvalue weighted by atomic mass is 9.82. The molecule has 1 rings (SSSR count). The van der Waals surface area contributed by atoms with Gasteiger partial charge < -0.3 is 16.3 Å². The summed E-state index contributed by atoms with van der Waals surface area (Å²) in [6, 6.07) is 0. The minimum absolute atomic E-state index is 0.327. The summed E-state index contributed by atoms with van der Waals surface area (Å²) in [5.74, 6) is 2.08. The fraction of sp³-hybridized carbons (Fsp3) is 0.917. The Morgan fingerprint density at radius 1 is 1.50 bits per heavy atom. The van der Waals surface area contributed by atoms with E-state index in [0.29, 0.717) is 12.3 Å². The van der Waals surface area contributed by atoms with Crippen LogP contribution >= 0.6 is 0 Å². The number of nitrogens with zero attached hydrogens (tertiary/aromatic N) is 1. The molecule has 16 heavy (non-hydrogen) atoms. The van der Waals surface area contributed by atoms with E-state index in [4.69, 9.17) is 10.9 Å². The summed E-state index contributed by atoms with van der Waals surface area (Å²) in [5.41, 5.74) is 5.39. The molecule has 0 aliphatic heterocycles. The minimum atomic E-state index is 0.327. The highest BCUT2D eigenvalue weighted by molar-refractivity contribution is 5.79. The molecule has 1 aliphatic carbocycles. The second-order valence-electron chi connectivity index (χ2n) is 5.04. The Bertz CT molecular complexity index is 218. The zero-order chi connectivity index (χ0) is 11.8. The maximum absolute atomic E-state index is 8.37. The molecule has 1 fully saturated rings. The van der Waals surface area contributed by atoms with Crippen molar-refractivity contribution in [3.63, 3.8) is 0 Å². The van der Waals surface area contributed by atoms with Crippen LogP contribution in [0.5, 0.6) is 0 Å². The van der Waals surface area contributed by atoms with Gasteiger partial charge in [0, 0.05) is 6.42 Å². The van der Waals surface area contributed by atoms with Gasteiger partial charge in [-0.3, -0.25) is 0 Å². The van der Waals surface area contributed by atoms with Crippen LogP contribution in [0.1, 0.15) is 45.4 Å². The molecule has 2 unspecified atom stereocenters. The van der Waals surface area contributed by atoms with E-state index in [0.717, 1.165) is 31.3 Å². The van der Waals surface area contributed by atoms with Gasteiger partial charge >= 0.3 is 0 Å². The van der Waals surface area contributed by atoms with Crippen molar-refractivity contribution in [1.29, 1.82) is 0 Å². The zero-order valence-corrected chi connectivity index (χ0v) is 10.3. The molecular formula is C12H25N3O. The SMILES string of the molecule is CC1CCCC(CNCCCC(N)=NO)C1. The number of rotatable bonds is 6. The van der Waals surface area contributed by atoms with Gasteiger partial charge in [-0.2, -0.15) is 0 Å². The van der Waals surface area contributed by atoms with Gasteiger partial charge in [0.15, 0.2) is 0 Å². The third-order valence-electron chi connectivity index (χ3n) is 3.39. The molecular weight excluding hydrogens is 202 g/mol. The first-order valence-corrected chi connectivity index (χ1v) is 6.39. The molecule has 0 heterocycles. The van der Waals surface area contributed by atoms with E-state index in [-0.39, 0.29) is 0 Å². The fourth-order valence-electron chi connectivity index (χ4n) is 2.50. The Balaban J connectivity index is 1.98. The van der Waals surface area contributed by atoms with E-state index in [1.165, 1.54) is 25.7 Å². The van der Waals surface area contributed by atoms with Crippen molar-refractivity contribution in [2.45, 2.75) is 45.4 Å². The van der Waals surface area contributed by atoms with Crippen molar-refractivity contribution >= 4 is 5.84 Å². The van der Waals surface area contributed by atoms with Crippen LogP contribution in [0.25, 0.3) is 0 Å². The Morgan fingerprint density at radius 2 is 2.31 bits per heavy atom. The molecule has 0 aromatic heterocycles. The standard InChI is InChI=1S/C12H25N3O/c1-10-4-2-5-11(8-10)9-14-7-3-6-12(13)15-16/h10-11,14,16H,2-9H2,1H3,(H2,13,15). The van der Waals surface area contributed by atoms with Crippen LogP contribution in [0.3, 0.4) is 0 Å². The van der Waals surface area contributed by atoms with Gasteiger partial charge in [-0.25, -0.2) is 0 Å². The smallest absolute Gasteiger partial charge is 0.139 e. The Hall–Kier alpha value is -0.770. The van der Waals surface area contributed by atoms with E-state index in [1.54, 1.807) is 0 Å². The zero-order valence-electron chi connectivity index (χ0n) is 10.3. The lowest BCUT2D eigenvalue weighted by Gasteiger charge is -2.26. The lowest BCUT2D eigenvalue weighted by molar-refractivity contribution is 0.274. The normalized spacial score (nSPS) is 26.9. The van der Waals surface area contributed by atoms with E-state index in [2.05, 4.69) is 17.4 Å². The highest BCUT2D eigenvalue weighted by atomic mass is 16.4. The van der Waals surface area contributed by atoms with Crippen LogP contribution in [-0.2, 0) is 0 Å². The van der Waals surface area contributed by atoms with Crippen LogP contribution in [-0.4, -0.2) is 24.1 Å². The Morgan fingerprint density at radius 3 is 3.00 bits per heavy atom. The van der Waals surface area contributed by atoms with Crippen molar-refractivity contribution in [1.82, 2.24) is 5.32 Å². The molecule has 94 valence electrons. The molecule has 0 radical (unpaired) electrons. The molecule has 0 bridgehead atoms. The highest BCUT2D eigenvalue weighted by Crippen LogP contribution is 2.27. The van der Waals surface area contributed by atoms with Crippen molar-refractivity contribution in [3.8, 4) is 0 Å². The van der Waals surface area contributed by atoms with Crippen LogP contribution < -0.4 is 11.1 Å². The summed E-state index contributed by atoms with van der Waals surface area (Å²) in [7, 11) is 0. The van der Waals surface area contributed by atoms with E-state index in [1.807, 2.05) is 0 Å². The van der Waals surface area contributed by atoms with Crippen molar-refractivity contribution < 1.29 is 5.21 Å². The summed E-state index contributed by atoms with van der Waals surface area (Å²) >= 11 is 0. The number of amidine groups is 1. The quantitative estimate of drug-likeness (QED) is 0.213. The van der Waals surface area contributed by atoms with E-state index >= 15 is 0 Å². The molecule has 4 N–H and O–H groups in total. The Labute approximate surface area is 98.3 Å². The second-order valence-corrected chi connectivity index (χ2v) is 5.04. The molecule has 4 heteroatoms. The Kier molecular flexibility index (Phi) is 6.23. The summed E-state index contributed by atoms with van der Waals surface area (Å²) in [4.78, 5) is 0. The number of oxime groups is 1. The van der Waals surface area contributed by atoms with Gasteiger partial charge in [-0.15, -0.1) is 0 Å². The average Bonchev–Trinajstić information content (AvgIpc) is 2.28. The number of hydrogen-bond acceptors (Lipinski definition) is 3. The largest absolute Gasteiger partial charge is 0.409 e. The first kappa shape index (κ1) is 13.3. The van der Waals surface area contributed by atoms with E-state index < -0.39 is 0 Å². The van der Waals surface area contributed by atoms with Crippen molar-refractivity contribution in [2.75, 3.05) is 13.1 Å². The molecule has 0 spiro atoms. The fourth-order valence-corrected chi connectivity index (χ4v) is 2.50. The summed E-state index contributed by atoms with van der Waals surface area (Å²) in [5, 5.41) is 14.8. The topological polar surface area (TPSA) is 70.6 Å². The van der Waals surface area contributed by atoms with Crippen LogP contribution in [0.15, 0.2) is 5.16 Å². The molecule has 0 amide bonds. The predicted molar refractivity (Wildman–Crippen MR) is 66.6 cm³/mol. The van der Waals surface area contributed by atoms with Gasteiger partial charge in [-0.05, 0) is 44.2 Å². The second kappa shape index (κ2) is 7.49. The highest BCUT2D eigenvalue weighted by Gasteiger charge is 2.17. The monoisotopic (exact) mass is 227 g/mol. The molecule has 1 aliphatic rings. The molecule has 0 aromatic carbocycles. The van der Waals surface area contributed by atoms with E-state index in [9.17, 15) is 0 Å². The molecule has 2 atom stereocenters. The summed E-state index contributed by atoms with van der Waals surface area (Å²) < 4.78 is 0. The number of hydrogen-bond donors (Lipinski definition) is 3. The maximum atomic E-state index is 8.37. The molecule has 4 nitrogen and oxygen atoms in total. The molecule has 0 saturated heterocycles. The van der Waals surface area contributed by atoms with Crippen LogP contribution in [0.2, 0.25) is 0 Å². The predicted octanol–water partition coefficient (Wildman–Crippen LogP) is 1.93. The summed E-state index contributed by atoms with van der Waals surface area (Å²) in [6.45, 7) is 4.44. The van der Waals surface area contributed by atoms with Gasteiger partial charge in [0.25, 0.3) is 0 Å². The van der Waals surface area contributed by atoms with Crippen molar-refractivity contribution in [2.24, 2.45) is 22.7 Å². The van der Waals surface area contributed by atoms with Crippen LogP contribution in [0, 0.1) is 11.8 Å². The summed E-state index contributed by atoms with van der Waals surface area (Å²) in [6.07, 6.45) is 7.14. The lowest BCUT2D eigenvalue weighted by Crippen LogP contribution is -2.28. The molecule has 0 aromatic rings.